The number of rotatable bonds is 5. The lowest BCUT2D eigenvalue weighted by Gasteiger charge is -2.18. The predicted octanol–water partition coefficient (Wildman–Crippen LogP) is 2.12. The summed E-state index contributed by atoms with van der Waals surface area (Å²) >= 11 is 3.21. The van der Waals surface area contributed by atoms with Crippen molar-refractivity contribution in [1.82, 2.24) is 5.32 Å². The first-order valence-electron chi connectivity index (χ1n) is 6.12. The maximum atomic E-state index is 13.3. The molecule has 0 spiro atoms. The average molecular weight is 329 g/mol. The first-order chi connectivity index (χ1) is 9.06. The molecule has 19 heavy (non-hydrogen) atoms. The number of halogens is 2. The van der Waals surface area contributed by atoms with Crippen molar-refractivity contribution >= 4 is 33.3 Å². The van der Waals surface area contributed by atoms with E-state index in [1.165, 1.54) is 11.0 Å². The lowest BCUT2D eigenvalue weighted by Crippen LogP contribution is -2.36. The van der Waals surface area contributed by atoms with E-state index in [1.54, 1.807) is 0 Å². The van der Waals surface area contributed by atoms with Gasteiger partial charge in [0.1, 0.15) is 5.82 Å². The monoisotopic (exact) mass is 328 g/mol. The molecule has 0 unspecified atom stereocenters. The third-order valence-corrected chi connectivity index (χ3v) is 3.53. The lowest BCUT2D eigenvalue weighted by molar-refractivity contribution is -0.114. The zero-order valence-corrected chi connectivity index (χ0v) is 12.1. The van der Waals surface area contributed by atoms with Gasteiger partial charge in [0.15, 0.2) is 0 Å². The highest BCUT2D eigenvalue weighted by atomic mass is 79.9. The first-order valence-corrected chi connectivity index (χ1v) is 6.91. The van der Waals surface area contributed by atoms with Gasteiger partial charge in [0.2, 0.25) is 0 Å². The molecule has 1 N–H and O–H groups in total. The van der Waals surface area contributed by atoms with E-state index in [9.17, 15) is 14.0 Å². The molecule has 102 valence electrons. The number of Topliss-reactive ketones (excluding diaryl/α,β-unsaturated/α-hetero) is 1. The number of fused-ring (bicyclic) bond motifs is 1. The van der Waals surface area contributed by atoms with Crippen LogP contribution in [0.15, 0.2) is 16.6 Å². The second-order valence-corrected chi connectivity index (χ2v) is 5.17. The summed E-state index contributed by atoms with van der Waals surface area (Å²) in [5, 5.41) is 3.16. The molecule has 2 rings (SSSR count). The topological polar surface area (TPSA) is 49.4 Å². The Morgan fingerprint density at radius 1 is 1.32 bits per heavy atom. The van der Waals surface area contributed by atoms with E-state index in [0.29, 0.717) is 23.2 Å². The van der Waals surface area contributed by atoms with Crippen molar-refractivity contribution in [3.63, 3.8) is 0 Å². The van der Waals surface area contributed by atoms with Crippen molar-refractivity contribution in [3.05, 3.63) is 28.0 Å². The smallest absolute Gasteiger partial charge is 0.299 e. The number of carbonyl (C=O) groups is 2. The van der Waals surface area contributed by atoms with Crippen molar-refractivity contribution < 1.29 is 14.0 Å². The summed E-state index contributed by atoms with van der Waals surface area (Å²) in [6, 6.07) is 2.37. The molecule has 1 amide bonds. The summed E-state index contributed by atoms with van der Waals surface area (Å²) in [6.07, 6.45) is 0.998. The van der Waals surface area contributed by atoms with Gasteiger partial charge in [-0.3, -0.25) is 9.59 Å². The van der Waals surface area contributed by atoms with E-state index in [-0.39, 0.29) is 5.56 Å². The van der Waals surface area contributed by atoms with Gasteiger partial charge < -0.3 is 10.2 Å². The van der Waals surface area contributed by atoms with Crippen LogP contribution >= 0.6 is 15.9 Å². The molecule has 0 saturated carbocycles. The number of hydrogen-bond acceptors (Lipinski definition) is 3. The summed E-state index contributed by atoms with van der Waals surface area (Å²) in [5.41, 5.74) is 0.599. The Hall–Kier alpha value is -1.27. The summed E-state index contributed by atoms with van der Waals surface area (Å²) in [5.74, 6) is -1.77. The van der Waals surface area contributed by atoms with Gasteiger partial charge in [-0.1, -0.05) is 6.92 Å². The fourth-order valence-electron chi connectivity index (χ4n) is 2.06. The van der Waals surface area contributed by atoms with E-state index < -0.39 is 17.5 Å². The van der Waals surface area contributed by atoms with Gasteiger partial charge >= 0.3 is 0 Å². The highest BCUT2D eigenvalue weighted by Crippen LogP contribution is 2.36. The van der Waals surface area contributed by atoms with E-state index >= 15 is 0 Å². The van der Waals surface area contributed by atoms with Crippen LogP contribution in [0.1, 0.15) is 23.7 Å². The minimum atomic E-state index is -0.648. The Morgan fingerprint density at radius 3 is 2.74 bits per heavy atom. The third-order valence-electron chi connectivity index (χ3n) is 2.92. The van der Waals surface area contributed by atoms with E-state index in [0.717, 1.165) is 19.0 Å². The Morgan fingerprint density at radius 2 is 2.05 bits per heavy atom. The molecular formula is C13H14BrFN2O2. The SMILES string of the molecule is CCCNCCN1C(=O)C(=O)c2cc(F)cc(Br)c21. The van der Waals surface area contributed by atoms with Crippen LogP contribution in [0.25, 0.3) is 0 Å². The molecule has 1 aliphatic rings. The number of carbonyl (C=O) groups excluding carboxylic acids is 2. The Balaban J connectivity index is 2.23. The molecular weight excluding hydrogens is 315 g/mol. The van der Waals surface area contributed by atoms with Crippen LogP contribution in [0.3, 0.4) is 0 Å². The van der Waals surface area contributed by atoms with Crippen LogP contribution in [0.4, 0.5) is 10.1 Å². The van der Waals surface area contributed by atoms with Crippen molar-refractivity contribution in [2.75, 3.05) is 24.5 Å². The van der Waals surface area contributed by atoms with Gasteiger partial charge in [0.25, 0.3) is 11.7 Å². The molecule has 0 aliphatic carbocycles. The van der Waals surface area contributed by atoms with Crippen LogP contribution in [-0.2, 0) is 4.79 Å². The Kier molecular flexibility index (Phi) is 4.31. The number of hydrogen-bond donors (Lipinski definition) is 1. The van der Waals surface area contributed by atoms with Crippen molar-refractivity contribution in [2.45, 2.75) is 13.3 Å². The van der Waals surface area contributed by atoms with Crippen LogP contribution in [-0.4, -0.2) is 31.3 Å². The lowest BCUT2D eigenvalue weighted by atomic mass is 10.1. The molecule has 0 radical (unpaired) electrons. The van der Waals surface area contributed by atoms with Crippen molar-refractivity contribution in [1.29, 1.82) is 0 Å². The van der Waals surface area contributed by atoms with E-state index in [4.69, 9.17) is 0 Å². The predicted molar refractivity (Wildman–Crippen MR) is 73.9 cm³/mol. The van der Waals surface area contributed by atoms with Crippen molar-refractivity contribution in [3.8, 4) is 0 Å². The molecule has 0 saturated heterocycles. The number of nitrogens with one attached hydrogen (secondary N) is 1. The molecule has 0 aromatic heterocycles. The normalized spacial score (nSPS) is 14.2. The van der Waals surface area contributed by atoms with E-state index in [1.807, 2.05) is 6.92 Å². The van der Waals surface area contributed by atoms with Crippen LogP contribution in [0.5, 0.6) is 0 Å². The zero-order valence-electron chi connectivity index (χ0n) is 10.5. The molecule has 4 nitrogen and oxygen atoms in total. The van der Waals surface area contributed by atoms with Crippen molar-refractivity contribution in [2.24, 2.45) is 0 Å². The number of benzene rings is 1. The van der Waals surface area contributed by atoms with Crippen LogP contribution < -0.4 is 10.2 Å². The Bertz CT molecular complexity index is 534. The van der Waals surface area contributed by atoms with E-state index in [2.05, 4.69) is 21.2 Å². The second-order valence-electron chi connectivity index (χ2n) is 4.32. The molecule has 0 fully saturated rings. The van der Waals surface area contributed by atoms with Gasteiger partial charge in [0.05, 0.1) is 11.3 Å². The molecule has 1 aromatic carbocycles. The molecule has 0 bridgehead atoms. The minimum absolute atomic E-state index is 0.132. The summed E-state index contributed by atoms with van der Waals surface area (Å²) in [6.45, 7) is 3.89. The van der Waals surface area contributed by atoms with Gasteiger partial charge in [-0.25, -0.2) is 4.39 Å². The molecule has 6 heteroatoms. The summed E-state index contributed by atoms with van der Waals surface area (Å²) in [7, 11) is 0. The third kappa shape index (κ3) is 2.69. The summed E-state index contributed by atoms with van der Waals surface area (Å²) < 4.78 is 13.7. The van der Waals surface area contributed by atoms with Gasteiger partial charge in [-0.05, 0) is 41.0 Å². The number of anilines is 1. The fraction of sp³-hybridized carbons (Fsp3) is 0.385. The maximum Gasteiger partial charge on any atom is 0.299 e. The highest BCUT2D eigenvalue weighted by Gasteiger charge is 2.37. The molecule has 0 atom stereocenters. The minimum Gasteiger partial charge on any atom is -0.315 e. The number of amides is 1. The molecule has 1 aromatic rings. The first kappa shape index (κ1) is 14.1. The van der Waals surface area contributed by atoms with Gasteiger partial charge in [0, 0.05) is 17.6 Å². The van der Waals surface area contributed by atoms with Gasteiger partial charge in [-0.2, -0.15) is 0 Å². The molecule has 1 heterocycles. The highest BCUT2D eigenvalue weighted by molar-refractivity contribution is 9.10. The maximum absolute atomic E-state index is 13.3. The average Bonchev–Trinajstić information content (AvgIpc) is 2.60. The summed E-state index contributed by atoms with van der Waals surface area (Å²) in [4.78, 5) is 25.1. The largest absolute Gasteiger partial charge is 0.315 e. The quantitative estimate of drug-likeness (QED) is 0.665. The Labute approximate surface area is 119 Å². The second kappa shape index (κ2) is 5.79. The van der Waals surface area contributed by atoms with Gasteiger partial charge in [-0.15, -0.1) is 0 Å². The number of ketones is 1. The van der Waals surface area contributed by atoms with Crippen LogP contribution in [0.2, 0.25) is 0 Å². The van der Waals surface area contributed by atoms with Crippen LogP contribution in [0, 0.1) is 5.82 Å². The fourth-order valence-corrected chi connectivity index (χ4v) is 2.71. The number of nitrogens with zero attached hydrogens (tertiary/aromatic N) is 1. The standard InChI is InChI=1S/C13H14BrFN2O2/c1-2-3-16-4-5-17-11-9(12(18)13(17)19)6-8(15)7-10(11)14/h6-7,16H,2-5H2,1H3. The zero-order chi connectivity index (χ0) is 14.0. The molecule has 1 aliphatic heterocycles.